The van der Waals surface area contributed by atoms with E-state index in [1.807, 2.05) is 0 Å². The highest BCUT2D eigenvalue weighted by Crippen LogP contribution is 2.13. The van der Waals surface area contributed by atoms with Gasteiger partial charge in [0.25, 0.3) is 5.91 Å². The summed E-state index contributed by atoms with van der Waals surface area (Å²) in [4.78, 5) is 31.5. The summed E-state index contributed by atoms with van der Waals surface area (Å²) in [7, 11) is 0. The Morgan fingerprint density at radius 3 is 2.84 bits per heavy atom. The van der Waals surface area contributed by atoms with Crippen molar-refractivity contribution in [3.63, 3.8) is 0 Å². The second kappa shape index (κ2) is 4.33. The first-order chi connectivity index (χ1) is 9.16. The van der Waals surface area contributed by atoms with Crippen LogP contribution in [0.2, 0.25) is 5.15 Å². The third-order valence-electron chi connectivity index (χ3n) is 2.54. The molecule has 0 spiro atoms. The van der Waals surface area contributed by atoms with Crippen molar-refractivity contribution in [2.75, 3.05) is 0 Å². The molecule has 3 rings (SSSR count). The van der Waals surface area contributed by atoms with Gasteiger partial charge in [-0.15, -0.1) is 0 Å². The summed E-state index contributed by atoms with van der Waals surface area (Å²) < 4.78 is 5.89. The van der Waals surface area contributed by atoms with Gasteiger partial charge in [-0.1, -0.05) is 23.7 Å². The van der Waals surface area contributed by atoms with Gasteiger partial charge in [-0.25, -0.2) is 19.3 Å². The molecule has 0 fully saturated rings. The maximum atomic E-state index is 12.2. The molecule has 6 nitrogen and oxygen atoms in total. The largest absolute Gasteiger partial charge is 0.427 e. The van der Waals surface area contributed by atoms with E-state index in [0.717, 1.165) is 10.9 Å². The molecular formula is C12H6ClN3O3. The average Bonchev–Trinajstić information content (AvgIpc) is 2.74. The molecule has 2 heterocycles. The first kappa shape index (κ1) is 11.6. The zero-order valence-electron chi connectivity index (χ0n) is 9.41. The Labute approximate surface area is 111 Å². The molecule has 0 amide bonds. The van der Waals surface area contributed by atoms with E-state index in [0.29, 0.717) is 11.1 Å². The third kappa shape index (κ3) is 1.92. The van der Waals surface area contributed by atoms with Gasteiger partial charge >= 0.3 is 5.76 Å². The zero-order valence-corrected chi connectivity index (χ0v) is 10.2. The van der Waals surface area contributed by atoms with E-state index < -0.39 is 11.7 Å². The number of carbonyl (C=O) groups is 1. The number of carbonyl (C=O) groups excluding carboxylic acids is 1. The molecule has 0 aliphatic heterocycles. The summed E-state index contributed by atoms with van der Waals surface area (Å²) in [6.45, 7) is 0. The summed E-state index contributed by atoms with van der Waals surface area (Å²) in [6.07, 6.45) is 1.16. The summed E-state index contributed by atoms with van der Waals surface area (Å²) in [6, 6.07) is 7.92. The van der Waals surface area contributed by atoms with Crippen LogP contribution in [0.1, 0.15) is 10.5 Å². The Bertz CT molecular complexity index is 837. The van der Waals surface area contributed by atoms with Crippen molar-refractivity contribution in [3.05, 3.63) is 58.1 Å². The van der Waals surface area contributed by atoms with Crippen LogP contribution in [0.5, 0.6) is 0 Å². The van der Waals surface area contributed by atoms with Crippen LogP contribution in [0.3, 0.4) is 0 Å². The number of nitrogens with zero attached hydrogens (tertiary/aromatic N) is 3. The van der Waals surface area contributed by atoms with E-state index >= 15 is 0 Å². The van der Waals surface area contributed by atoms with Crippen LogP contribution in [0.15, 0.2) is 45.9 Å². The Morgan fingerprint density at radius 1 is 1.26 bits per heavy atom. The number of aromatic nitrogens is 3. The van der Waals surface area contributed by atoms with Gasteiger partial charge in [0.15, 0.2) is 5.58 Å². The Kier molecular flexibility index (Phi) is 2.64. The molecule has 0 aliphatic carbocycles. The SMILES string of the molecule is O=C(c1cc(Cl)ncn1)n1c(=O)oc2ccccc21. The molecule has 1 aromatic carbocycles. The van der Waals surface area contributed by atoms with Gasteiger partial charge in [-0.05, 0) is 12.1 Å². The highest BCUT2D eigenvalue weighted by atomic mass is 35.5. The molecule has 0 N–H and O–H groups in total. The maximum absolute atomic E-state index is 12.2. The van der Waals surface area contributed by atoms with Crippen LogP contribution in [0.4, 0.5) is 0 Å². The average molecular weight is 276 g/mol. The summed E-state index contributed by atoms with van der Waals surface area (Å²) in [5.41, 5.74) is 0.738. The second-order valence-corrected chi connectivity index (χ2v) is 4.09. The highest BCUT2D eigenvalue weighted by Gasteiger charge is 2.18. The van der Waals surface area contributed by atoms with Crippen molar-refractivity contribution in [3.8, 4) is 0 Å². The van der Waals surface area contributed by atoms with Crippen molar-refractivity contribution in [2.24, 2.45) is 0 Å². The Hall–Kier alpha value is -2.47. The minimum Gasteiger partial charge on any atom is -0.407 e. The predicted molar refractivity (Wildman–Crippen MR) is 67.2 cm³/mol. The van der Waals surface area contributed by atoms with Crippen LogP contribution < -0.4 is 5.76 Å². The first-order valence-electron chi connectivity index (χ1n) is 5.29. The second-order valence-electron chi connectivity index (χ2n) is 3.70. The Morgan fingerprint density at radius 2 is 2.05 bits per heavy atom. The highest BCUT2D eigenvalue weighted by molar-refractivity contribution is 6.29. The van der Waals surface area contributed by atoms with Crippen molar-refractivity contribution >= 4 is 28.6 Å². The number of hydrogen-bond acceptors (Lipinski definition) is 5. The van der Waals surface area contributed by atoms with Gasteiger partial charge < -0.3 is 4.42 Å². The molecule has 7 heteroatoms. The van der Waals surface area contributed by atoms with Crippen LogP contribution >= 0.6 is 11.6 Å². The van der Waals surface area contributed by atoms with E-state index in [4.69, 9.17) is 16.0 Å². The normalized spacial score (nSPS) is 10.8. The molecule has 0 bridgehead atoms. The number of halogens is 1. The quantitative estimate of drug-likeness (QED) is 0.632. The predicted octanol–water partition coefficient (Wildman–Crippen LogP) is 1.73. The molecule has 3 aromatic rings. The van der Waals surface area contributed by atoms with Crippen molar-refractivity contribution in [1.29, 1.82) is 0 Å². The van der Waals surface area contributed by atoms with Crippen LogP contribution in [0, 0.1) is 0 Å². The molecule has 0 atom stereocenters. The van der Waals surface area contributed by atoms with E-state index in [2.05, 4.69) is 9.97 Å². The fourth-order valence-electron chi connectivity index (χ4n) is 1.72. The standard InChI is InChI=1S/C12H6ClN3O3/c13-10-5-7(14-6-15-10)11(17)16-8-3-1-2-4-9(8)19-12(16)18/h1-6H. The lowest BCUT2D eigenvalue weighted by Gasteiger charge is -2.00. The molecule has 19 heavy (non-hydrogen) atoms. The number of oxazole rings is 1. The third-order valence-corrected chi connectivity index (χ3v) is 2.75. The number of hydrogen-bond donors (Lipinski definition) is 0. The monoisotopic (exact) mass is 275 g/mol. The number of fused-ring (bicyclic) bond motifs is 1. The topological polar surface area (TPSA) is 78.0 Å². The molecule has 0 aliphatic rings. The Balaban J connectivity index is 2.22. The van der Waals surface area contributed by atoms with Gasteiger partial charge in [0.05, 0.1) is 5.52 Å². The van der Waals surface area contributed by atoms with Gasteiger partial charge in [0.2, 0.25) is 0 Å². The molecule has 0 saturated carbocycles. The van der Waals surface area contributed by atoms with Gasteiger partial charge in [-0.2, -0.15) is 0 Å². The number of rotatable bonds is 1. The lowest BCUT2D eigenvalue weighted by atomic mass is 10.3. The first-order valence-corrected chi connectivity index (χ1v) is 5.67. The minimum absolute atomic E-state index is 0.0219. The summed E-state index contributed by atoms with van der Waals surface area (Å²) in [5.74, 6) is -1.37. The van der Waals surface area contributed by atoms with Gasteiger partial charge in [-0.3, -0.25) is 4.79 Å². The molecule has 0 saturated heterocycles. The molecule has 0 radical (unpaired) electrons. The molecule has 2 aromatic heterocycles. The fraction of sp³-hybridized carbons (Fsp3) is 0. The summed E-state index contributed by atoms with van der Waals surface area (Å²) >= 11 is 5.69. The number of para-hydroxylation sites is 2. The summed E-state index contributed by atoms with van der Waals surface area (Å²) in [5, 5.41) is 0.124. The fourth-order valence-corrected chi connectivity index (χ4v) is 1.87. The minimum atomic E-state index is -0.763. The molecule has 0 unspecified atom stereocenters. The maximum Gasteiger partial charge on any atom is 0.427 e. The van der Waals surface area contributed by atoms with Crippen molar-refractivity contribution in [1.82, 2.24) is 14.5 Å². The van der Waals surface area contributed by atoms with Gasteiger partial charge in [0, 0.05) is 6.07 Å². The van der Waals surface area contributed by atoms with Gasteiger partial charge in [0.1, 0.15) is 17.2 Å². The van der Waals surface area contributed by atoms with Crippen LogP contribution in [-0.2, 0) is 0 Å². The lowest BCUT2D eigenvalue weighted by molar-refractivity contribution is 0.0951. The van der Waals surface area contributed by atoms with E-state index in [9.17, 15) is 9.59 Å². The van der Waals surface area contributed by atoms with E-state index in [1.54, 1.807) is 24.3 Å². The van der Waals surface area contributed by atoms with E-state index in [1.165, 1.54) is 6.07 Å². The van der Waals surface area contributed by atoms with E-state index in [-0.39, 0.29) is 10.8 Å². The molecular weight excluding hydrogens is 270 g/mol. The van der Waals surface area contributed by atoms with Crippen molar-refractivity contribution in [2.45, 2.75) is 0 Å². The van der Waals surface area contributed by atoms with Crippen LogP contribution in [-0.4, -0.2) is 20.4 Å². The number of benzene rings is 1. The van der Waals surface area contributed by atoms with Crippen molar-refractivity contribution < 1.29 is 9.21 Å². The smallest absolute Gasteiger partial charge is 0.407 e. The lowest BCUT2D eigenvalue weighted by Crippen LogP contribution is -2.24. The zero-order chi connectivity index (χ0) is 13.4. The molecule has 94 valence electrons. The van der Waals surface area contributed by atoms with Crippen LogP contribution in [0.25, 0.3) is 11.1 Å².